The van der Waals surface area contributed by atoms with Crippen molar-refractivity contribution in [3.63, 3.8) is 0 Å². The Balaban J connectivity index is 0. The molecule has 0 saturated carbocycles. The quantitative estimate of drug-likeness (QED) is 0.363. The molecule has 0 rings (SSSR count). The molecular weight excluding hydrogens is 179 g/mol. The Morgan fingerprint density at radius 3 is 1.91 bits per heavy atom. The molecule has 0 aliphatic rings. The van der Waals surface area contributed by atoms with E-state index in [9.17, 15) is 8.42 Å². The van der Waals surface area contributed by atoms with E-state index < -0.39 is 15.0 Å². The van der Waals surface area contributed by atoms with Crippen LogP contribution in [0.2, 0.25) is 0 Å². The van der Waals surface area contributed by atoms with E-state index in [2.05, 4.69) is 0 Å². The van der Waals surface area contributed by atoms with Crippen molar-refractivity contribution in [1.82, 2.24) is 0 Å². The summed E-state index contributed by atoms with van der Waals surface area (Å²) in [5, 5.41) is 0. The van der Waals surface area contributed by atoms with Gasteiger partial charge in [-0.2, -0.15) is 8.42 Å². The summed E-state index contributed by atoms with van der Waals surface area (Å²) in [5.74, 6) is 0. The first-order valence-corrected chi connectivity index (χ1v) is 4.27. The molecule has 5 nitrogen and oxygen atoms in total. The Kier molecular flexibility index (Phi) is 6.21. The Bertz CT molecular complexity index is 199. The molecule has 1 unspecified atom stereocenters. The fraction of sp³-hybridized carbons (Fsp3) is 1.00. The van der Waals surface area contributed by atoms with Crippen LogP contribution >= 0.6 is 0 Å². The van der Waals surface area contributed by atoms with Crippen LogP contribution in [-0.4, -0.2) is 53.9 Å². The van der Waals surface area contributed by atoms with Gasteiger partial charge in [-0.1, -0.05) is 6.92 Å². The summed E-state index contributed by atoms with van der Waals surface area (Å²) < 4.78 is 29.4. The zero-order valence-corrected chi connectivity index (χ0v) is 6.56. The normalized spacial score (nSPS) is 16.7. The minimum atomic E-state index is -4.21. The molecule has 1 atom stereocenters. The number of hydrogen-bond donors (Lipinski definition) is 3. The van der Waals surface area contributed by atoms with Gasteiger partial charge in [0.25, 0.3) is 10.1 Å². The molecule has 64 valence electrons. The van der Waals surface area contributed by atoms with Crippen molar-refractivity contribution in [1.29, 1.82) is 0 Å². The summed E-state index contributed by atoms with van der Waals surface area (Å²) in [4.78, 5) is -1.67. The first-order chi connectivity index (χ1) is 4.37. The predicted octanol–water partition coefficient (Wildman–Crippen LogP) is -1.75. The summed E-state index contributed by atoms with van der Waals surface area (Å²) in [5.41, 5.74) is 10.3. The van der Waals surface area contributed by atoms with Crippen LogP contribution in [-0.2, 0) is 10.1 Å². The Hall–Kier alpha value is 0.830. The molecule has 0 amide bonds. The molecule has 0 aromatic heterocycles. The van der Waals surface area contributed by atoms with Gasteiger partial charge in [0.1, 0.15) is 0 Å². The van der Waals surface area contributed by atoms with E-state index in [1.807, 2.05) is 0 Å². The summed E-state index contributed by atoms with van der Waals surface area (Å²) in [6.45, 7) is 1.27. The van der Waals surface area contributed by atoms with E-state index >= 15 is 0 Å². The van der Waals surface area contributed by atoms with Crippen LogP contribution in [0.25, 0.3) is 0 Å². The molecule has 7 heteroatoms. The van der Waals surface area contributed by atoms with Gasteiger partial charge in [-0.3, -0.25) is 4.55 Å². The minimum absolute atomic E-state index is 0. The number of nitrogens with two attached hydrogens (primary N) is 2. The van der Waals surface area contributed by atoms with Gasteiger partial charge in [0.2, 0.25) is 0 Å². The standard InChI is InChI=1S/C4H12N2O3S.Na.H/c1-2-4(6,3-5)10(7,8)9;;/h2-3,5-6H2,1H3,(H,7,8,9);;. The Morgan fingerprint density at radius 2 is 1.91 bits per heavy atom. The molecule has 0 heterocycles. The van der Waals surface area contributed by atoms with Crippen molar-refractivity contribution in [2.45, 2.75) is 18.2 Å². The van der Waals surface area contributed by atoms with Crippen molar-refractivity contribution in [2.75, 3.05) is 6.54 Å². The van der Waals surface area contributed by atoms with Crippen LogP contribution in [0.15, 0.2) is 0 Å². The average Bonchev–Trinajstić information content (AvgIpc) is 1.84. The zero-order chi connectivity index (χ0) is 8.41. The van der Waals surface area contributed by atoms with E-state index in [1.165, 1.54) is 0 Å². The summed E-state index contributed by atoms with van der Waals surface area (Å²) in [6, 6.07) is 0. The van der Waals surface area contributed by atoms with Crippen LogP contribution in [0.4, 0.5) is 0 Å². The second-order valence-electron chi connectivity index (χ2n) is 2.10. The monoisotopic (exact) mass is 192 g/mol. The topological polar surface area (TPSA) is 106 Å². The fourth-order valence-electron chi connectivity index (χ4n) is 0.432. The first kappa shape index (κ1) is 14.4. The van der Waals surface area contributed by atoms with Crippen LogP contribution < -0.4 is 11.5 Å². The van der Waals surface area contributed by atoms with E-state index in [4.69, 9.17) is 16.0 Å². The van der Waals surface area contributed by atoms with Crippen molar-refractivity contribution in [2.24, 2.45) is 11.5 Å². The molecule has 0 aromatic carbocycles. The first-order valence-electron chi connectivity index (χ1n) is 2.83. The van der Waals surface area contributed by atoms with Gasteiger partial charge in [-0.25, -0.2) is 0 Å². The van der Waals surface area contributed by atoms with Gasteiger partial charge >= 0.3 is 29.6 Å². The molecule has 0 radical (unpaired) electrons. The molecule has 5 N–H and O–H groups in total. The number of hydrogen-bond acceptors (Lipinski definition) is 4. The average molecular weight is 192 g/mol. The Morgan fingerprint density at radius 1 is 1.55 bits per heavy atom. The van der Waals surface area contributed by atoms with E-state index in [0.717, 1.165) is 0 Å². The molecule has 0 spiro atoms. The molecule has 11 heavy (non-hydrogen) atoms. The third kappa shape index (κ3) is 3.37. The number of rotatable bonds is 3. The molecule has 0 aromatic rings. The van der Waals surface area contributed by atoms with Crippen LogP contribution in [0.5, 0.6) is 0 Å². The van der Waals surface area contributed by atoms with Gasteiger partial charge in [0.05, 0.1) is 0 Å². The predicted molar refractivity (Wildman–Crippen MR) is 45.0 cm³/mol. The molecule has 0 aliphatic carbocycles. The third-order valence-corrected chi connectivity index (χ3v) is 2.94. The molecular formula is C4H13N2NaO3S. The molecule has 0 saturated heterocycles. The SMILES string of the molecule is CCC(N)(CN)S(=O)(=O)O.[NaH]. The summed E-state index contributed by atoms with van der Waals surface area (Å²) in [7, 11) is -4.21. The molecule has 0 bridgehead atoms. The van der Waals surface area contributed by atoms with Crippen LogP contribution in [0.1, 0.15) is 13.3 Å². The maximum absolute atomic E-state index is 10.5. The maximum atomic E-state index is 10.5. The van der Waals surface area contributed by atoms with Crippen molar-refractivity contribution in [3.05, 3.63) is 0 Å². The van der Waals surface area contributed by atoms with Crippen molar-refractivity contribution < 1.29 is 13.0 Å². The summed E-state index contributed by atoms with van der Waals surface area (Å²) >= 11 is 0. The molecule has 0 fully saturated rings. The summed E-state index contributed by atoms with van der Waals surface area (Å²) in [6.07, 6.45) is 0.0995. The second-order valence-corrected chi connectivity index (χ2v) is 3.86. The van der Waals surface area contributed by atoms with Gasteiger partial charge in [0.15, 0.2) is 4.87 Å². The second kappa shape index (κ2) is 4.76. The van der Waals surface area contributed by atoms with Crippen molar-refractivity contribution >= 4 is 39.7 Å². The van der Waals surface area contributed by atoms with Crippen LogP contribution in [0, 0.1) is 0 Å². The van der Waals surface area contributed by atoms with Gasteiger partial charge in [-0.15, -0.1) is 0 Å². The third-order valence-electron chi connectivity index (χ3n) is 1.46. The van der Waals surface area contributed by atoms with E-state index in [1.54, 1.807) is 6.92 Å². The van der Waals surface area contributed by atoms with Gasteiger partial charge in [0, 0.05) is 6.54 Å². The zero-order valence-electron chi connectivity index (χ0n) is 5.74. The van der Waals surface area contributed by atoms with Crippen LogP contribution in [0.3, 0.4) is 0 Å². The van der Waals surface area contributed by atoms with E-state index in [0.29, 0.717) is 0 Å². The van der Waals surface area contributed by atoms with E-state index in [-0.39, 0.29) is 42.5 Å². The molecule has 0 aliphatic heterocycles. The van der Waals surface area contributed by atoms with Crippen molar-refractivity contribution in [3.8, 4) is 0 Å². The fourth-order valence-corrected chi connectivity index (χ4v) is 1.01. The van der Waals surface area contributed by atoms with Gasteiger partial charge < -0.3 is 11.5 Å². The van der Waals surface area contributed by atoms with Gasteiger partial charge in [-0.05, 0) is 6.42 Å². The Labute approximate surface area is 88.6 Å².